The summed E-state index contributed by atoms with van der Waals surface area (Å²) in [6.07, 6.45) is 14.2. The number of allylic oxidation sites excluding steroid dienone is 4. The number of esters is 1. The molecule has 0 aromatic carbocycles. The van der Waals surface area contributed by atoms with Crippen LogP contribution in [0.3, 0.4) is 0 Å². The monoisotopic (exact) mass is 582 g/mol. The van der Waals surface area contributed by atoms with E-state index >= 15 is 0 Å². The van der Waals surface area contributed by atoms with E-state index in [9.17, 15) is 19.8 Å². The Morgan fingerprint density at radius 1 is 1.14 bits per heavy atom. The summed E-state index contributed by atoms with van der Waals surface area (Å²) in [6, 6.07) is 0. The van der Waals surface area contributed by atoms with Gasteiger partial charge in [0.05, 0.1) is 36.9 Å². The highest BCUT2D eigenvalue weighted by atomic mass is 16.6. The van der Waals surface area contributed by atoms with Crippen molar-refractivity contribution in [1.29, 1.82) is 0 Å². The molecule has 1 aliphatic carbocycles. The molecule has 0 spiro atoms. The van der Waals surface area contributed by atoms with E-state index in [0.29, 0.717) is 30.4 Å². The molecule has 2 N–H and O–H groups in total. The summed E-state index contributed by atoms with van der Waals surface area (Å²) in [5.41, 5.74) is 2.37. The second-order valence-electron chi connectivity index (χ2n) is 13.0. The van der Waals surface area contributed by atoms with E-state index < -0.39 is 36.1 Å². The minimum atomic E-state index is -0.997. The molecule has 0 amide bonds. The van der Waals surface area contributed by atoms with E-state index in [2.05, 4.69) is 39.8 Å². The molecule has 4 rings (SSSR count). The maximum Gasteiger partial charge on any atom is 0.313 e. The molecule has 7 heteroatoms. The zero-order valence-corrected chi connectivity index (χ0v) is 26.1. The van der Waals surface area contributed by atoms with Gasteiger partial charge in [-0.3, -0.25) is 9.59 Å². The van der Waals surface area contributed by atoms with Crippen LogP contribution in [-0.2, 0) is 23.8 Å². The summed E-state index contributed by atoms with van der Waals surface area (Å²) in [4.78, 5) is 26.7. The van der Waals surface area contributed by atoms with Gasteiger partial charge in [-0.05, 0) is 49.7 Å². The van der Waals surface area contributed by atoms with Crippen molar-refractivity contribution in [1.82, 2.24) is 0 Å². The van der Waals surface area contributed by atoms with Crippen molar-refractivity contribution in [3.05, 3.63) is 59.3 Å². The van der Waals surface area contributed by atoms with E-state index in [-0.39, 0.29) is 48.5 Å². The van der Waals surface area contributed by atoms with E-state index in [1.54, 1.807) is 13.0 Å². The topological polar surface area (TPSA) is 102 Å². The summed E-state index contributed by atoms with van der Waals surface area (Å²) in [7, 11) is 0. The standard InChI is InChI=1S/C35H50O7/c1-7-22(4)31(36)23(5)12-14-27-18-28-17-26(41-27)13-11-21(3)15-20(2)9-8-10-25-19-40-34-30(33(25)38)29(35(39)42-28)16-24(6)32(34)37/h8-12,14,16,20,22-23,26-31,33-34,36,38H,7,13,15,17-19H2,1-6H3/b9-8+,14-12-,21-11+,25-10+/t20-,22-,23-,26?,27?,28?,29+,30?,31?,33+,34?/m0/s1. The number of fused-ring (bicyclic) bond motifs is 3. The smallest absolute Gasteiger partial charge is 0.313 e. The first kappa shape index (κ1) is 32.6. The molecule has 11 atom stereocenters. The maximum absolute atomic E-state index is 13.8. The number of hydrogen-bond donors (Lipinski definition) is 2. The molecule has 232 valence electrons. The van der Waals surface area contributed by atoms with Crippen LogP contribution < -0.4 is 0 Å². The van der Waals surface area contributed by atoms with Crippen molar-refractivity contribution in [2.75, 3.05) is 6.61 Å². The number of rotatable bonds is 5. The molecule has 42 heavy (non-hydrogen) atoms. The lowest BCUT2D eigenvalue weighted by Crippen LogP contribution is -2.53. The van der Waals surface area contributed by atoms with Crippen LogP contribution in [0.25, 0.3) is 0 Å². The zero-order valence-electron chi connectivity index (χ0n) is 26.1. The molecule has 4 bridgehead atoms. The fourth-order valence-electron chi connectivity index (χ4n) is 6.64. The van der Waals surface area contributed by atoms with Gasteiger partial charge in [0.2, 0.25) is 0 Å². The van der Waals surface area contributed by atoms with Crippen LogP contribution >= 0.6 is 0 Å². The normalized spacial score (nSPS) is 40.0. The molecular weight excluding hydrogens is 532 g/mol. The largest absolute Gasteiger partial charge is 0.462 e. The van der Waals surface area contributed by atoms with Gasteiger partial charge in [0, 0.05) is 24.7 Å². The molecule has 2 saturated heterocycles. The van der Waals surface area contributed by atoms with E-state index in [0.717, 1.165) is 12.8 Å². The average Bonchev–Trinajstić information content (AvgIpc) is 2.96. The second-order valence-corrected chi connectivity index (χ2v) is 13.0. The fraction of sp³-hybridized carbons (Fsp3) is 0.657. The number of Topliss-reactive ketones (excluding diaryl/α,β-unsaturated/α-hetero) is 1. The van der Waals surface area contributed by atoms with E-state index in [1.807, 2.05) is 31.2 Å². The van der Waals surface area contributed by atoms with Gasteiger partial charge in [0.25, 0.3) is 0 Å². The molecule has 0 radical (unpaired) electrons. The van der Waals surface area contributed by atoms with E-state index in [1.165, 1.54) is 5.57 Å². The number of ketones is 1. The van der Waals surface area contributed by atoms with Crippen LogP contribution in [0.2, 0.25) is 0 Å². The Kier molecular flexibility index (Phi) is 11.2. The summed E-state index contributed by atoms with van der Waals surface area (Å²) in [5.74, 6) is -1.73. The first-order chi connectivity index (χ1) is 20.0. The molecule has 6 unspecified atom stereocenters. The lowest BCUT2D eigenvalue weighted by Gasteiger charge is -2.42. The molecule has 7 nitrogen and oxygen atoms in total. The Hall–Kier alpha value is -2.32. The van der Waals surface area contributed by atoms with Crippen LogP contribution in [0.1, 0.15) is 73.6 Å². The van der Waals surface area contributed by atoms with Crippen LogP contribution in [0.15, 0.2) is 59.3 Å². The van der Waals surface area contributed by atoms with Gasteiger partial charge >= 0.3 is 5.97 Å². The molecule has 0 aromatic rings. The number of carbonyl (C=O) groups is 2. The van der Waals surface area contributed by atoms with Gasteiger partial charge in [0.1, 0.15) is 12.2 Å². The van der Waals surface area contributed by atoms with Gasteiger partial charge in [0.15, 0.2) is 5.78 Å². The van der Waals surface area contributed by atoms with Crippen LogP contribution in [0.4, 0.5) is 0 Å². The highest BCUT2D eigenvalue weighted by Gasteiger charge is 2.50. The number of ether oxygens (including phenoxy) is 3. The molecule has 4 aliphatic rings. The molecule has 2 fully saturated rings. The highest BCUT2D eigenvalue weighted by molar-refractivity contribution is 6.01. The van der Waals surface area contributed by atoms with Gasteiger partial charge in [-0.1, -0.05) is 82.2 Å². The highest BCUT2D eigenvalue weighted by Crippen LogP contribution is 2.39. The van der Waals surface area contributed by atoms with Crippen molar-refractivity contribution in [2.24, 2.45) is 29.6 Å². The number of aliphatic hydroxyl groups is 2. The fourth-order valence-corrected chi connectivity index (χ4v) is 6.64. The molecule has 3 heterocycles. The Labute approximate surface area is 251 Å². The third kappa shape index (κ3) is 7.79. The Morgan fingerprint density at radius 3 is 2.64 bits per heavy atom. The van der Waals surface area contributed by atoms with Crippen LogP contribution in [0.5, 0.6) is 0 Å². The minimum absolute atomic E-state index is 0.0315. The van der Waals surface area contributed by atoms with Crippen molar-refractivity contribution >= 4 is 11.8 Å². The Morgan fingerprint density at radius 2 is 1.90 bits per heavy atom. The third-order valence-corrected chi connectivity index (χ3v) is 9.48. The average molecular weight is 583 g/mol. The van der Waals surface area contributed by atoms with Crippen molar-refractivity contribution in [3.8, 4) is 0 Å². The lowest BCUT2D eigenvalue weighted by molar-refractivity contribution is -0.171. The first-order valence-corrected chi connectivity index (χ1v) is 15.8. The minimum Gasteiger partial charge on any atom is -0.462 e. The number of aliphatic hydroxyl groups excluding tert-OH is 2. The third-order valence-electron chi connectivity index (χ3n) is 9.48. The summed E-state index contributed by atoms with van der Waals surface area (Å²) in [6.45, 7) is 12.2. The Bertz CT molecular complexity index is 1130. The molecular formula is C35H50O7. The second kappa shape index (κ2) is 14.4. The molecule has 3 aliphatic heterocycles. The van der Waals surface area contributed by atoms with Gasteiger partial charge < -0.3 is 24.4 Å². The van der Waals surface area contributed by atoms with Gasteiger partial charge in [-0.25, -0.2) is 0 Å². The summed E-state index contributed by atoms with van der Waals surface area (Å²) in [5, 5.41) is 22.1. The van der Waals surface area contributed by atoms with Crippen molar-refractivity contribution < 1.29 is 34.0 Å². The number of carbonyl (C=O) groups excluding carboxylic acids is 2. The summed E-state index contributed by atoms with van der Waals surface area (Å²) >= 11 is 0. The quantitative estimate of drug-likeness (QED) is 0.329. The first-order valence-electron chi connectivity index (χ1n) is 15.8. The van der Waals surface area contributed by atoms with Crippen molar-refractivity contribution in [3.63, 3.8) is 0 Å². The maximum atomic E-state index is 13.8. The van der Waals surface area contributed by atoms with Crippen molar-refractivity contribution in [2.45, 2.75) is 110 Å². The van der Waals surface area contributed by atoms with Gasteiger partial charge in [-0.15, -0.1) is 0 Å². The van der Waals surface area contributed by atoms with Gasteiger partial charge in [-0.2, -0.15) is 0 Å². The predicted molar refractivity (Wildman–Crippen MR) is 162 cm³/mol. The molecule has 0 saturated carbocycles. The Balaban J connectivity index is 1.63. The zero-order chi connectivity index (χ0) is 30.6. The SMILES string of the molecule is CC[C@H](C)C(O)[C@@H](C)/C=C\C1CC2CC(C/C=C(\C)C[C@@H](C)/C=C/C=C3\COC4C(=O)C(C)=C[C@@H](C(=O)O2)C4[C@@H]3O)O1. The van der Waals surface area contributed by atoms with Crippen LogP contribution in [0, 0.1) is 29.6 Å². The van der Waals surface area contributed by atoms with E-state index in [4.69, 9.17) is 14.2 Å². The van der Waals surface area contributed by atoms with Crippen LogP contribution in [-0.4, -0.2) is 65.2 Å². The number of hydrogen-bond acceptors (Lipinski definition) is 7. The predicted octanol–water partition coefficient (Wildman–Crippen LogP) is 5.43. The lowest BCUT2D eigenvalue weighted by atomic mass is 9.72. The summed E-state index contributed by atoms with van der Waals surface area (Å²) < 4.78 is 18.6. The molecule has 0 aromatic heterocycles.